The molecule has 10 heteroatoms. The Balaban J connectivity index is 1.68. The molecule has 0 amide bonds. The van der Waals surface area contributed by atoms with E-state index in [0.717, 1.165) is 18.9 Å². The van der Waals surface area contributed by atoms with Crippen LogP contribution in [0.3, 0.4) is 0 Å². The second-order valence-electron chi connectivity index (χ2n) is 5.81. The van der Waals surface area contributed by atoms with E-state index < -0.39 is 35.6 Å². The summed E-state index contributed by atoms with van der Waals surface area (Å²) in [5.74, 6) is -3.46. The van der Waals surface area contributed by atoms with Crippen LogP contribution in [0.1, 0.15) is 24.6 Å². The highest BCUT2D eigenvalue weighted by atomic mass is 19.2. The van der Waals surface area contributed by atoms with Crippen molar-refractivity contribution in [1.82, 2.24) is 19.5 Å². The van der Waals surface area contributed by atoms with Gasteiger partial charge >= 0.3 is 6.08 Å². The molecule has 26 heavy (non-hydrogen) atoms. The Hall–Kier alpha value is -2.75. The van der Waals surface area contributed by atoms with Crippen molar-refractivity contribution >= 4 is 17.0 Å². The third kappa shape index (κ3) is 2.85. The van der Waals surface area contributed by atoms with Gasteiger partial charge in [0.05, 0.1) is 6.33 Å². The first kappa shape index (κ1) is 16.7. The number of nitrogens with one attached hydrogen (secondary N) is 1. The molecule has 1 aliphatic rings. The maximum absolute atomic E-state index is 13.8. The predicted molar refractivity (Wildman–Crippen MR) is 83.1 cm³/mol. The van der Waals surface area contributed by atoms with Gasteiger partial charge in [-0.05, 0) is 25.0 Å². The number of benzene rings is 1. The molecular formula is C16H13F4N5O. The average Bonchev–Trinajstić information content (AvgIpc) is 3.27. The van der Waals surface area contributed by atoms with Gasteiger partial charge in [0.2, 0.25) is 0 Å². The molecule has 0 bridgehead atoms. The zero-order chi connectivity index (χ0) is 18.3. The molecule has 1 N–H and O–H groups in total. The van der Waals surface area contributed by atoms with Gasteiger partial charge in [-0.3, -0.25) is 4.57 Å². The highest BCUT2D eigenvalue weighted by Crippen LogP contribution is 2.28. The summed E-state index contributed by atoms with van der Waals surface area (Å²) in [5, 5.41) is 2.60. The lowest BCUT2D eigenvalue weighted by molar-refractivity contribution is 0.0592. The summed E-state index contributed by atoms with van der Waals surface area (Å²) in [7, 11) is 0. The molecule has 136 valence electrons. The van der Waals surface area contributed by atoms with Crippen LogP contribution in [0.15, 0.2) is 18.5 Å². The number of hydrogen-bond donors (Lipinski definition) is 1. The summed E-state index contributed by atoms with van der Waals surface area (Å²) >= 11 is 0. The summed E-state index contributed by atoms with van der Waals surface area (Å²) in [6, 6.07) is 1.51. The first-order valence-electron chi connectivity index (χ1n) is 7.92. The van der Waals surface area contributed by atoms with Crippen LogP contribution in [0.25, 0.3) is 11.2 Å². The predicted octanol–water partition coefficient (Wildman–Crippen LogP) is 3.30. The molecule has 0 radical (unpaired) electrons. The molecule has 1 unspecified atom stereocenters. The van der Waals surface area contributed by atoms with Crippen molar-refractivity contribution in [3.05, 3.63) is 47.6 Å². The molecule has 1 fully saturated rings. The quantitative estimate of drug-likeness (QED) is 0.435. The van der Waals surface area contributed by atoms with E-state index in [1.807, 2.05) is 0 Å². The van der Waals surface area contributed by atoms with Crippen LogP contribution >= 0.6 is 0 Å². The first-order chi connectivity index (χ1) is 12.5. The highest BCUT2D eigenvalue weighted by molar-refractivity contribution is 5.82. The number of nitrogens with zero attached hydrogens (tertiary/aromatic N) is 4. The summed E-state index contributed by atoms with van der Waals surface area (Å²) < 4.78 is 61.8. The van der Waals surface area contributed by atoms with Crippen molar-refractivity contribution in [1.29, 1.82) is 0 Å². The van der Waals surface area contributed by atoms with E-state index in [0.29, 0.717) is 12.7 Å². The third-order valence-electron chi connectivity index (χ3n) is 4.18. The number of ether oxygens (including phenoxy) is 1. The summed E-state index contributed by atoms with van der Waals surface area (Å²) in [6.07, 6.45) is 1.71. The molecule has 1 aliphatic heterocycles. The fourth-order valence-electron chi connectivity index (χ4n) is 2.91. The van der Waals surface area contributed by atoms with Gasteiger partial charge < -0.3 is 10.1 Å². The number of halogens is 4. The van der Waals surface area contributed by atoms with Gasteiger partial charge in [0.1, 0.15) is 12.0 Å². The van der Waals surface area contributed by atoms with E-state index in [1.165, 1.54) is 6.33 Å². The van der Waals surface area contributed by atoms with Gasteiger partial charge in [-0.1, -0.05) is 0 Å². The number of aromatic nitrogens is 4. The normalized spacial score (nSPS) is 17.2. The van der Waals surface area contributed by atoms with Crippen molar-refractivity contribution in [2.45, 2.75) is 25.6 Å². The Morgan fingerprint density at radius 3 is 2.73 bits per heavy atom. The van der Waals surface area contributed by atoms with E-state index >= 15 is 0 Å². The van der Waals surface area contributed by atoms with Gasteiger partial charge in [0.15, 0.2) is 28.6 Å². The Labute approximate surface area is 144 Å². The Bertz CT molecular complexity index is 971. The van der Waals surface area contributed by atoms with Crippen LogP contribution in [0.5, 0.6) is 0 Å². The van der Waals surface area contributed by atoms with Gasteiger partial charge in [0.25, 0.3) is 0 Å². The highest BCUT2D eigenvalue weighted by Gasteiger charge is 2.23. The number of imidazole rings is 1. The van der Waals surface area contributed by atoms with Crippen LogP contribution < -0.4 is 5.32 Å². The van der Waals surface area contributed by atoms with Crippen molar-refractivity contribution in [3.63, 3.8) is 0 Å². The lowest BCUT2D eigenvalue weighted by Crippen LogP contribution is -2.10. The molecular weight excluding hydrogens is 354 g/mol. The standard InChI is InChI=1S/C16H13F4N5O/c17-9-3-4-10(18)12(19)8(9)6-21-14-13-15(24-16(20)23-14)25(7-22-13)11-2-1-5-26-11/h3-4,7,11H,1-2,5-6H2,(H,21,23,24). The minimum absolute atomic E-state index is 0.0488. The van der Waals surface area contributed by atoms with Gasteiger partial charge in [0, 0.05) is 18.7 Å². The summed E-state index contributed by atoms with van der Waals surface area (Å²) in [6.45, 7) is 0.148. The smallest absolute Gasteiger partial charge is 0.312 e. The molecule has 0 aliphatic carbocycles. The van der Waals surface area contributed by atoms with E-state index in [9.17, 15) is 17.6 Å². The fraction of sp³-hybridized carbons (Fsp3) is 0.312. The van der Waals surface area contributed by atoms with Crippen LogP contribution in [0, 0.1) is 23.5 Å². The molecule has 3 aromatic rings. The maximum Gasteiger partial charge on any atom is 0.312 e. The average molecular weight is 367 g/mol. The lowest BCUT2D eigenvalue weighted by Gasteiger charge is -2.12. The van der Waals surface area contributed by atoms with E-state index in [-0.39, 0.29) is 23.2 Å². The number of rotatable bonds is 4. The van der Waals surface area contributed by atoms with E-state index in [2.05, 4.69) is 20.3 Å². The molecule has 1 aromatic carbocycles. The second kappa shape index (κ2) is 6.52. The van der Waals surface area contributed by atoms with Gasteiger partial charge in [-0.25, -0.2) is 18.2 Å². The van der Waals surface area contributed by atoms with Crippen LogP contribution in [0.4, 0.5) is 23.4 Å². The molecule has 6 nitrogen and oxygen atoms in total. The summed E-state index contributed by atoms with van der Waals surface area (Å²) in [5.41, 5.74) is -0.0954. The SMILES string of the molecule is Fc1nc(NCc2c(F)ccc(F)c2F)c2ncn(C3CCCO3)c2n1. The molecule has 4 rings (SSSR count). The molecule has 2 aromatic heterocycles. The number of hydrogen-bond acceptors (Lipinski definition) is 5. The summed E-state index contributed by atoms with van der Waals surface area (Å²) in [4.78, 5) is 11.5. The monoisotopic (exact) mass is 367 g/mol. The molecule has 1 saturated heterocycles. The first-order valence-corrected chi connectivity index (χ1v) is 7.92. The largest absolute Gasteiger partial charge is 0.364 e. The second-order valence-corrected chi connectivity index (χ2v) is 5.81. The van der Waals surface area contributed by atoms with E-state index in [1.54, 1.807) is 4.57 Å². The zero-order valence-electron chi connectivity index (χ0n) is 13.3. The minimum Gasteiger partial charge on any atom is -0.364 e. The molecule has 3 heterocycles. The number of fused-ring (bicyclic) bond motifs is 1. The molecule has 1 atom stereocenters. The third-order valence-corrected chi connectivity index (χ3v) is 4.18. The van der Waals surface area contributed by atoms with Gasteiger partial charge in [-0.2, -0.15) is 14.4 Å². The van der Waals surface area contributed by atoms with E-state index in [4.69, 9.17) is 4.74 Å². The lowest BCUT2D eigenvalue weighted by atomic mass is 10.2. The molecule has 0 saturated carbocycles. The minimum atomic E-state index is -1.31. The number of anilines is 1. The zero-order valence-corrected chi connectivity index (χ0v) is 13.3. The molecule has 0 spiro atoms. The Morgan fingerprint density at radius 2 is 1.96 bits per heavy atom. The van der Waals surface area contributed by atoms with Crippen LogP contribution in [-0.4, -0.2) is 26.1 Å². The van der Waals surface area contributed by atoms with Crippen molar-refractivity contribution in [2.75, 3.05) is 11.9 Å². The van der Waals surface area contributed by atoms with Gasteiger partial charge in [-0.15, -0.1) is 0 Å². The Kier molecular flexibility index (Phi) is 4.19. The maximum atomic E-state index is 13.8. The van der Waals surface area contributed by atoms with Crippen LogP contribution in [-0.2, 0) is 11.3 Å². The Morgan fingerprint density at radius 1 is 1.15 bits per heavy atom. The topological polar surface area (TPSA) is 64.9 Å². The fourth-order valence-corrected chi connectivity index (χ4v) is 2.91. The van der Waals surface area contributed by atoms with Crippen molar-refractivity contribution in [2.24, 2.45) is 0 Å². The van der Waals surface area contributed by atoms with Crippen molar-refractivity contribution in [3.8, 4) is 0 Å². The van der Waals surface area contributed by atoms with Crippen LogP contribution in [0.2, 0.25) is 0 Å². The van der Waals surface area contributed by atoms with Crippen molar-refractivity contribution < 1.29 is 22.3 Å².